The van der Waals surface area contributed by atoms with Crippen molar-refractivity contribution in [1.29, 1.82) is 0 Å². The summed E-state index contributed by atoms with van der Waals surface area (Å²) in [6.07, 6.45) is 1.22. The minimum Gasteiger partial charge on any atom is -0.456 e. The van der Waals surface area contributed by atoms with Gasteiger partial charge in [-0.15, -0.1) is 0 Å². The third kappa shape index (κ3) is 4.08. The fourth-order valence-electron chi connectivity index (χ4n) is 4.58. The van der Waals surface area contributed by atoms with Gasteiger partial charge in [-0.05, 0) is 63.4 Å². The number of hydrogen-bond donors (Lipinski definition) is 1. The van der Waals surface area contributed by atoms with Gasteiger partial charge in [0.15, 0.2) is 0 Å². The summed E-state index contributed by atoms with van der Waals surface area (Å²) in [5, 5.41) is 8.43. The van der Waals surface area contributed by atoms with E-state index in [-0.39, 0.29) is 5.56 Å². The normalized spacial score (nSPS) is 16.5. The second kappa shape index (κ2) is 8.42. The summed E-state index contributed by atoms with van der Waals surface area (Å²) < 4.78 is 6.10. The Bertz CT molecular complexity index is 1150. The maximum absolute atomic E-state index is 12.2. The quantitative estimate of drug-likeness (QED) is 0.519. The Morgan fingerprint density at radius 1 is 1.06 bits per heavy atom. The molecule has 31 heavy (non-hydrogen) atoms. The van der Waals surface area contributed by atoms with Crippen molar-refractivity contribution < 1.29 is 4.74 Å². The zero-order valence-corrected chi connectivity index (χ0v) is 18.2. The van der Waals surface area contributed by atoms with E-state index in [9.17, 15) is 4.79 Å². The van der Waals surface area contributed by atoms with Crippen LogP contribution < -0.4 is 10.3 Å². The molecule has 7 heteroatoms. The first-order chi connectivity index (χ1) is 15.1. The molecule has 1 fully saturated rings. The molecule has 1 aromatic heterocycles. The highest BCUT2D eigenvalue weighted by Gasteiger charge is 2.24. The van der Waals surface area contributed by atoms with Gasteiger partial charge in [-0.2, -0.15) is 5.10 Å². The maximum atomic E-state index is 12.2. The van der Waals surface area contributed by atoms with Gasteiger partial charge in [-0.1, -0.05) is 12.1 Å². The zero-order valence-electron chi connectivity index (χ0n) is 18.2. The molecule has 0 radical (unpaired) electrons. The van der Waals surface area contributed by atoms with Crippen LogP contribution in [0.4, 0.5) is 0 Å². The number of H-pyrrole nitrogens is 1. The highest BCUT2D eigenvalue weighted by molar-refractivity contribution is 6.01. The Labute approximate surface area is 182 Å². The Balaban J connectivity index is 1.31. The lowest BCUT2D eigenvalue weighted by molar-refractivity contribution is 0.124. The second-order valence-electron chi connectivity index (χ2n) is 8.79. The first-order valence-electron chi connectivity index (χ1n) is 11.0. The first kappa shape index (κ1) is 20.2. The number of hydrogen-bond acceptors (Lipinski definition) is 6. The third-order valence-electron chi connectivity index (χ3n) is 6.25. The van der Waals surface area contributed by atoms with Crippen molar-refractivity contribution in [3.63, 3.8) is 0 Å². The summed E-state index contributed by atoms with van der Waals surface area (Å²) in [5.41, 5.74) is 2.79. The average molecular weight is 420 g/mol. The van der Waals surface area contributed by atoms with Gasteiger partial charge in [0, 0.05) is 38.3 Å². The molecule has 3 aromatic rings. The Morgan fingerprint density at radius 2 is 1.87 bits per heavy atom. The molecule has 2 aromatic carbocycles. The topological polar surface area (TPSA) is 64.7 Å². The molecular formula is C24H29N5O2. The minimum atomic E-state index is -0.188. The van der Waals surface area contributed by atoms with E-state index >= 15 is 0 Å². The van der Waals surface area contributed by atoms with Crippen molar-refractivity contribution in [2.24, 2.45) is 0 Å². The van der Waals surface area contributed by atoms with Gasteiger partial charge < -0.3 is 14.5 Å². The van der Waals surface area contributed by atoms with Crippen LogP contribution in [0.25, 0.3) is 22.0 Å². The summed E-state index contributed by atoms with van der Waals surface area (Å²) in [4.78, 5) is 19.5. The lowest BCUT2D eigenvalue weighted by Crippen LogP contribution is -2.46. The Kier molecular flexibility index (Phi) is 5.48. The largest absolute Gasteiger partial charge is 0.456 e. The van der Waals surface area contributed by atoms with Crippen LogP contribution in [-0.4, -0.2) is 78.3 Å². The predicted octanol–water partition coefficient (Wildman–Crippen LogP) is 2.77. The van der Waals surface area contributed by atoms with Crippen LogP contribution >= 0.6 is 0 Å². The summed E-state index contributed by atoms with van der Waals surface area (Å²) in [5.74, 6) is 1.48. The van der Waals surface area contributed by atoms with Crippen molar-refractivity contribution >= 4 is 10.8 Å². The molecule has 0 spiro atoms. The molecule has 0 atom stereocenters. The van der Waals surface area contributed by atoms with Crippen LogP contribution in [0.2, 0.25) is 0 Å². The summed E-state index contributed by atoms with van der Waals surface area (Å²) in [6.45, 7) is 7.64. The molecule has 0 saturated carbocycles. The van der Waals surface area contributed by atoms with E-state index in [1.165, 1.54) is 18.5 Å². The van der Waals surface area contributed by atoms with Crippen LogP contribution in [0.5, 0.6) is 11.5 Å². The van der Waals surface area contributed by atoms with Crippen molar-refractivity contribution in [1.82, 2.24) is 24.9 Å². The molecule has 0 amide bonds. The molecule has 0 bridgehead atoms. The van der Waals surface area contributed by atoms with Gasteiger partial charge in [-0.25, -0.2) is 5.10 Å². The van der Waals surface area contributed by atoms with Gasteiger partial charge in [0.1, 0.15) is 17.2 Å². The number of aromatic nitrogens is 2. The molecule has 2 aliphatic heterocycles. The van der Waals surface area contributed by atoms with E-state index in [1.807, 2.05) is 24.3 Å². The van der Waals surface area contributed by atoms with Crippen molar-refractivity contribution in [2.75, 3.05) is 53.4 Å². The number of benzene rings is 2. The average Bonchev–Trinajstić information content (AvgIpc) is 2.77. The number of ether oxygens (including phenoxy) is 1. The molecule has 3 heterocycles. The summed E-state index contributed by atoms with van der Waals surface area (Å²) >= 11 is 0. The highest BCUT2D eigenvalue weighted by atomic mass is 16.5. The van der Waals surface area contributed by atoms with Gasteiger partial charge in [-0.3, -0.25) is 9.69 Å². The smallest absolute Gasteiger partial charge is 0.272 e. The van der Waals surface area contributed by atoms with Crippen LogP contribution in [0.3, 0.4) is 0 Å². The van der Waals surface area contributed by atoms with Gasteiger partial charge in [0.05, 0.1) is 10.8 Å². The minimum absolute atomic E-state index is 0.188. The molecule has 0 aliphatic carbocycles. The first-order valence-corrected chi connectivity index (χ1v) is 11.0. The molecule has 1 N–H and O–H groups in total. The Hall–Kier alpha value is -2.74. The highest BCUT2D eigenvalue weighted by Crippen LogP contribution is 2.44. The third-order valence-corrected chi connectivity index (χ3v) is 6.25. The molecule has 1 saturated heterocycles. The number of rotatable bonds is 6. The molecular weight excluding hydrogens is 390 g/mol. The van der Waals surface area contributed by atoms with E-state index in [0.29, 0.717) is 11.1 Å². The van der Waals surface area contributed by atoms with E-state index in [1.54, 1.807) is 0 Å². The van der Waals surface area contributed by atoms with Crippen LogP contribution in [0.15, 0.2) is 41.2 Å². The van der Waals surface area contributed by atoms with E-state index in [0.717, 1.165) is 61.7 Å². The van der Waals surface area contributed by atoms with Crippen molar-refractivity contribution in [3.05, 3.63) is 52.3 Å². The number of nitrogens with zero attached hydrogens (tertiary/aromatic N) is 4. The molecule has 0 unspecified atom stereocenters. The Morgan fingerprint density at radius 3 is 2.68 bits per heavy atom. The second-order valence-corrected chi connectivity index (χ2v) is 8.79. The zero-order chi connectivity index (χ0) is 21.4. The maximum Gasteiger partial charge on any atom is 0.272 e. The predicted molar refractivity (Wildman–Crippen MR) is 123 cm³/mol. The van der Waals surface area contributed by atoms with E-state index in [4.69, 9.17) is 4.74 Å². The van der Waals surface area contributed by atoms with E-state index < -0.39 is 0 Å². The lowest BCUT2D eigenvalue weighted by atomic mass is 9.99. The van der Waals surface area contributed by atoms with Crippen LogP contribution in [0, 0.1) is 0 Å². The molecule has 7 nitrogen and oxygen atoms in total. The van der Waals surface area contributed by atoms with Crippen LogP contribution in [0.1, 0.15) is 12.0 Å². The summed E-state index contributed by atoms with van der Waals surface area (Å²) in [6, 6.07) is 11.9. The number of piperazine rings is 1. The van der Waals surface area contributed by atoms with Crippen molar-refractivity contribution in [2.45, 2.75) is 13.0 Å². The SMILES string of the molecule is CN(C)CCCN1CCN(Cc2ccc3c(c2)-c2n[nH]c(=O)c4cccc(c24)O3)CC1. The van der Waals surface area contributed by atoms with E-state index in [2.05, 4.69) is 51.1 Å². The van der Waals surface area contributed by atoms with Gasteiger partial charge >= 0.3 is 0 Å². The fourth-order valence-corrected chi connectivity index (χ4v) is 4.58. The molecule has 2 aliphatic rings. The monoisotopic (exact) mass is 419 g/mol. The lowest BCUT2D eigenvalue weighted by Gasteiger charge is -2.35. The summed E-state index contributed by atoms with van der Waals surface area (Å²) in [7, 11) is 4.27. The van der Waals surface area contributed by atoms with Gasteiger partial charge in [0.2, 0.25) is 0 Å². The van der Waals surface area contributed by atoms with Gasteiger partial charge in [0.25, 0.3) is 5.56 Å². The molecule has 5 rings (SSSR count). The number of aromatic amines is 1. The van der Waals surface area contributed by atoms with Crippen molar-refractivity contribution in [3.8, 4) is 22.8 Å². The number of nitrogens with one attached hydrogen (secondary N) is 1. The number of fused-ring (bicyclic) bond motifs is 2. The standard InChI is InChI=1S/C24H29N5O2/c1-27(2)9-4-10-28-11-13-29(14-12-28)16-17-7-8-20-19(15-17)23-22-18(24(30)26-25-23)5-3-6-21(22)31-20/h3,5-8,15H,4,9-14,16H2,1-2H3,(H,26,30). The molecule has 162 valence electrons. The van der Waals surface area contributed by atoms with Crippen LogP contribution in [-0.2, 0) is 6.54 Å². The fraction of sp³-hybridized carbons (Fsp3) is 0.417.